The lowest BCUT2D eigenvalue weighted by molar-refractivity contribution is 0.100. The van der Waals surface area contributed by atoms with Crippen molar-refractivity contribution in [1.82, 2.24) is 0 Å². The van der Waals surface area contributed by atoms with Gasteiger partial charge in [-0.25, -0.2) is 4.39 Å². The number of primary amides is 1. The molecular formula is C12H18FN3O. The molecule has 0 bridgehead atoms. The zero-order valence-electron chi connectivity index (χ0n) is 10.0. The van der Waals surface area contributed by atoms with Crippen LogP contribution < -0.4 is 16.8 Å². The average Bonchev–Trinajstić information content (AvgIpc) is 2.26. The fourth-order valence-electron chi connectivity index (χ4n) is 1.54. The van der Waals surface area contributed by atoms with Gasteiger partial charge >= 0.3 is 0 Å². The Labute approximate surface area is 100 Å². The fraction of sp³-hybridized carbons (Fsp3) is 0.417. The highest BCUT2D eigenvalue weighted by atomic mass is 19.1. The number of nitrogens with one attached hydrogen (secondary N) is 1. The second-order valence-electron chi connectivity index (χ2n) is 4.28. The van der Waals surface area contributed by atoms with E-state index < -0.39 is 11.7 Å². The third-order valence-electron chi connectivity index (χ3n) is 2.65. The molecule has 94 valence electrons. The van der Waals surface area contributed by atoms with Gasteiger partial charge < -0.3 is 16.8 Å². The zero-order chi connectivity index (χ0) is 13.0. The fourth-order valence-corrected chi connectivity index (χ4v) is 1.54. The van der Waals surface area contributed by atoms with E-state index in [-0.39, 0.29) is 11.6 Å². The maximum Gasteiger partial charge on any atom is 0.250 e. The first-order chi connectivity index (χ1) is 7.95. The van der Waals surface area contributed by atoms with Crippen LogP contribution >= 0.6 is 0 Å². The molecule has 0 heterocycles. The number of anilines is 1. The van der Waals surface area contributed by atoms with Crippen molar-refractivity contribution in [3.05, 3.63) is 29.6 Å². The summed E-state index contributed by atoms with van der Waals surface area (Å²) < 4.78 is 13.0. The molecule has 0 saturated carbocycles. The summed E-state index contributed by atoms with van der Waals surface area (Å²) in [6.07, 6.45) is 0. The Morgan fingerprint density at radius 3 is 2.59 bits per heavy atom. The Morgan fingerprint density at radius 2 is 2.12 bits per heavy atom. The lowest BCUT2D eigenvalue weighted by atomic mass is 10.0. The van der Waals surface area contributed by atoms with Crippen molar-refractivity contribution in [2.45, 2.75) is 19.9 Å². The quantitative estimate of drug-likeness (QED) is 0.724. The Balaban J connectivity index is 3.01. The van der Waals surface area contributed by atoms with Gasteiger partial charge in [0.15, 0.2) is 0 Å². The predicted molar refractivity (Wildman–Crippen MR) is 66.2 cm³/mol. The second kappa shape index (κ2) is 5.63. The van der Waals surface area contributed by atoms with E-state index in [1.54, 1.807) is 0 Å². The number of halogens is 1. The summed E-state index contributed by atoms with van der Waals surface area (Å²) in [5.74, 6) is -0.851. The number of carbonyl (C=O) groups excluding carboxylic acids is 1. The summed E-state index contributed by atoms with van der Waals surface area (Å²) in [5.41, 5.74) is 11.5. The molecule has 5 heteroatoms. The normalized spacial score (nSPS) is 12.5. The molecule has 17 heavy (non-hydrogen) atoms. The molecule has 4 nitrogen and oxygen atoms in total. The molecule has 1 atom stereocenters. The van der Waals surface area contributed by atoms with Gasteiger partial charge in [0, 0.05) is 18.3 Å². The molecule has 0 aliphatic heterocycles. The zero-order valence-corrected chi connectivity index (χ0v) is 10.0. The second-order valence-corrected chi connectivity index (χ2v) is 4.28. The van der Waals surface area contributed by atoms with E-state index in [4.69, 9.17) is 11.5 Å². The third-order valence-corrected chi connectivity index (χ3v) is 2.65. The molecular weight excluding hydrogens is 221 g/mol. The highest BCUT2D eigenvalue weighted by molar-refractivity contribution is 5.98. The summed E-state index contributed by atoms with van der Waals surface area (Å²) in [7, 11) is 0. The molecule has 1 amide bonds. The first-order valence-corrected chi connectivity index (χ1v) is 5.51. The molecule has 0 aliphatic carbocycles. The van der Waals surface area contributed by atoms with Crippen molar-refractivity contribution in [1.29, 1.82) is 0 Å². The van der Waals surface area contributed by atoms with Crippen LogP contribution in [0.1, 0.15) is 24.2 Å². The number of hydrogen-bond donors (Lipinski definition) is 3. The van der Waals surface area contributed by atoms with Gasteiger partial charge in [-0.05, 0) is 24.1 Å². The van der Waals surface area contributed by atoms with Gasteiger partial charge in [0.25, 0.3) is 5.91 Å². The van der Waals surface area contributed by atoms with Crippen LogP contribution in [0, 0.1) is 11.7 Å². The summed E-state index contributed by atoms with van der Waals surface area (Å²) in [6.45, 7) is 4.45. The topological polar surface area (TPSA) is 81.1 Å². The molecule has 0 aliphatic rings. The number of benzene rings is 1. The smallest absolute Gasteiger partial charge is 0.250 e. The lowest BCUT2D eigenvalue weighted by Gasteiger charge is -2.23. The van der Waals surface area contributed by atoms with E-state index >= 15 is 0 Å². The maximum absolute atomic E-state index is 13.0. The molecule has 0 fully saturated rings. The summed E-state index contributed by atoms with van der Waals surface area (Å²) in [4.78, 5) is 11.2. The Hall–Kier alpha value is -1.62. The minimum Gasteiger partial charge on any atom is -0.380 e. The van der Waals surface area contributed by atoms with Gasteiger partial charge in [-0.1, -0.05) is 13.8 Å². The van der Waals surface area contributed by atoms with Crippen LogP contribution in [-0.2, 0) is 0 Å². The number of hydrogen-bond acceptors (Lipinski definition) is 3. The molecule has 1 aromatic carbocycles. The molecule has 5 N–H and O–H groups in total. The van der Waals surface area contributed by atoms with Crippen molar-refractivity contribution in [2.24, 2.45) is 17.4 Å². The van der Waals surface area contributed by atoms with Crippen LogP contribution in [0.2, 0.25) is 0 Å². The van der Waals surface area contributed by atoms with Crippen molar-refractivity contribution >= 4 is 11.6 Å². The van der Waals surface area contributed by atoms with E-state index in [9.17, 15) is 9.18 Å². The average molecular weight is 239 g/mol. The van der Waals surface area contributed by atoms with Crippen molar-refractivity contribution in [2.75, 3.05) is 11.9 Å². The van der Waals surface area contributed by atoms with E-state index in [0.717, 1.165) is 6.07 Å². The number of amides is 1. The first kappa shape index (κ1) is 13.4. The number of nitrogens with two attached hydrogens (primary N) is 2. The molecule has 0 aromatic heterocycles. The molecule has 0 radical (unpaired) electrons. The van der Waals surface area contributed by atoms with Crippen LogP contribution in [0.15, 0.2) is 18.2 Å². The summed E-state index contributed by atoms with van der Waals surface area (Å²) in [6, 6.07) is 3.92. The van der Waals surface area contributed by atoms with E-state index in [1.807, 2.05) is 13.8 Å². The van der Waals surface area contributed by atoms with Crippen LogP contribution in [0.25, 0.3) is 0 Å². The number of carbonyl (C=O) groups is 1. The van der Waals surface area contributed by atoms with Crippen LogP contribution in [-0.4, -0.2) is 18.5 Å². The largest absolute Gasteiger partial charge is 0.380 e. The van der Waals surface area contributed by atoms with Gasteiger partial charge in [0.1, 0.15) is 5.82 Å². The van der Waals surface area contributed by atoms with Gasteiger partial charge in [0.05, 0.1) is 5.56 Å². The maximum atomic E-state index is 13.0. The third kappa shape index (κ3) is 3.42. The summed E-state index contributed by atoms with van der Waals surface area (Å²) >= 11 is 0. The van der Waals surface area contributed by atoms with E-state index in [0.29, 0.717) is 18.2 Å². The molecule has 0 spiro atoms. The Bertz CT molecular complexity index is 407. The molecule has 1 rings (SSSR count). The van der Waals surface area contributed by atoms with Gasteiger partial charge in [0.2, 0.25) is 0 Å². The van der Waals surface area contributed by atoms with Crippen molar-refractivity contribution < 1.29 is 9.18 Å². The molecule has 1 aromatic rings. The van der Waals surface area contributed by atoms with Gasteiger partial charge in [-0.3, -0.25) is 4.79 Å². The predicted octanol–water partition coefficient (Wildman–Crippen LogP) is 1.32. The minimum absolute atomic E-state index is 0.0126. The Morgan fingerprint density at radius 1 is 1.47 bits per heavy atom. The van der Waals surface area contributed by atoms with Crippen LogP contribution in [0.5, 0.6) is 0 Å². The SMILES string of the molecule is CC(C)C(CN)Nc1ccc(F)cc1C(N)=O. The highest BCUT2D eigenvalue weighted by Crippen LogP contribution is 2.19. The van der Waals surface area contributed by atoms with Gasteiger partial charge in [-0.2, -0.15) is 0 Å². The first-order valence-electron chi connectivity index (χ1n) is 5.51. The highest BCUT2D eigenvalue weighted by Gasteiger charge is 2.15. The molecule has 0 saturated heterocycles. The molecule has 1 unspecified atom stereocenters. The van der Waals surface area contributed by atoms with Crippen molar-refractivity contribution in [3.63, 3.8) is 0 Å². The standard InChI is InChI=1S/C12H18FN3O/c1-7(2)11(6-14)16-10-4-3-8(13)5-9(10)12(15)17/h3-5,7,11,16H,6,14H2,1-2H3,(H2,15,17). The monoisotopic (exact) mass is 239 g/mol. The number of rotatable bonds is 5. The van der Waals surface area contributed by atoms with Crippen LogP contribution in [0.3, 0.4) is 0 Å². The van der Waals surface area contributed by atoms with Gasteiger partial charge in [-0.15, -0.1) is 0 Å². The van der Waals surface area contributed by atoms with Crippen molar-refractivity contribution in [3.8, 4) is 0 Å². The Kier molecular flexibility index (Phi) is 4.45. The minimum atomic E-state index is -0.661. The van der Waals surface area contributed by atoms with E-state index in [2.05, 4.69) is 5.32 Å². The lowest BCUT2D eigenvalue weighted by Crippen LogP contribution is -2.34. The van der Waals surface area contributed by atoms with Crippen LogP contribution in [0.4, 0.5) is 10.1 Å². The summed E-state index contributed by atoms with van der Waals surface area (Å²) in [5, 5.41) is 3.11. The van der Waals surface area contributed by atoms with E-state index in [1.165, 1.54) is 12.1 Å².